The second-order valence-electron chi connectivity index (χ2n) is 8.05. The summed E-state index contributed by atoms with van der Waals surface area (Å²) in [4.78, 5) is 28.7. The average molecular weight is 468 g/mol. The van der Waals surface area contributed by atoms with Crippen molar-refractivity contribution in [3.8, 4) is 0 Å². The van der Waals surface area contributed by atoms with E-state index in [-0.39, 0.29) is 11.6 Å². The Bertz CT molecular complexity index is 1280. The molecule has 3 aromatic rings. The number of benzene rings is 1. The number of fused-ring (bicyclic) bond motifs is 2. The molecule has 164 valence electrons. The maximum atomic E-state index is 11.8. The van der Waals surface area contributed by atoms with Crippen molar-refractivity contribution < 1.29 is 9.90 Å². The Morgan fingerprint density at radius 2 is 2.22 bits per heavy atom. The summed E-state index contributed by atoms with van der Waals surface area (Å²) in [7, 11) is 0. The molecule has 1 saturated heterocycles. The molecule has 0 spiro atoms. The molecule has 0 bridgehead atoms. The van der Waals surface area contributed by atoms with Gasteiger partial charge in [0.25, 0.3) is 0 Å². The van der Waals surface area contributed by atoms with Gasteiger partial charge in [-0.05, 0) is 48.4 Å². The second-order valence-corrected chi connectivity index (χ2v) is 9.47. The van der Waals surface area contributed by atoms with Gasteiger partial charge in [-0.3, -0.25) is 4.98 Å². The monoisotopic (exact) mass is 467 g/mol. The van der Waals surface area contributed by atoms with Gasteiger partial charge in [-0.15, -0.1) is 0 Å². The quantitative estimate of drug-likeness (QED) is 0.534. The van der Waals surface area contributed by atoms with Crippen LogP contribution in [0.5, 0.6) is 0 Å². The number of carbonyl (C=O) groups is 1. The number of anilines is 1. The fourth-order valence-corrected chi connectivity index (χ4v) is 5.56. The third kappa shape index (κ3) is 3.72. The van der Waals surface area contributed by atoms with Gasteiger partial charge in [0.1, 0.15) is 5.82 Å². The zero-order valence-corrected chi connectivity index (χ0v) is 19.1. The largest absolute Gasteiger partial charge is 0.478 e. The van der Waals surface area contributed by atoms with Crippen molar-refractivity contribution in [1.82, 2.24) is 15.0 Å². The molecule has 1 aromatic carbocycles. The number of halogens is 1. The van der Waals surface area contributed by atoms with Gasteiger partial charge >= 0.3 is 5.97 Å². The minimum absolute atomic E-state index is 0.109. The standard InChI is InChI=1S/C23H22ClN5O2S/c1-2-12-9-17-18(19(12)24)21(29-7-5-14(25)11-29)28-23(27-17)32-15-8-13-4-3-6-26-20(13)16(10-15)22(30)31/h3-4,6,8,10,14H,2,5,7,9,11,25H2,1H3,(H,30,31)/t14-/m1/s1. The van der Waals surface area contributed by atoms with Crippen molar-refractivity contribution in [3.05, 3.63) is 52.9 Å². The molecule has 3 heterocycles. The number of aromatic nitrogens is 3. The summed E-state index contributed by atoms with van der Waals surface area (Å²) >= 11 is 8.08. The molecule has 0 saturated carbocycles. The Morgan fingerprint density at radius 3 is 2.94 bits per heavy atom. The van der Waals surface area contributed by atoms with Crippen molar-refractivity contribution in [1.29, 1.82) is 0 Å². The van der Waals surface area contributed by atoms with Crippen molar-refractivity contribution in [2.75, 3.05) is 18.0 Å². The molecule has 1 aliphatic carbocycles. The number of hydrogen-bond acceptors (Lipinski definition) is 7. The van der Waals surface area contributed by atoms with Crippen LogP contribution in [0.4, 0.5) is 5.82 Å². The molecule has 7 nitrogen and oxygen atoms in total. The molecule has 1 atom stereocenters. The highest BCUT2D eigenvalue weighted by atomic mass is 35.5. The van der Waals surface area contributed by atoms with Crippen LogP contribution in [0.15, 0.2) is 46.1 Å². The summed E-state index contributed by atoms with van der Waals surface area (Å²) in [6, 6.07) is 7.31. The van der Waals surface area contributed by atoms with Crippen LogP contribution in [0, 0.1) is 0 Å². The lowest BCUT2D eigenvalue weighted by molar-refractivity contribution is 0.0698. The van der Waals surface area contributed by atoms with E-state index in [4.69, 9.17) is 27.3 Å². The van der Waals surface area contributed by atoms with E-state index in [1.807, 2.05) is 12.1 Å². The summed E-state index contributed by atoms with van der Waals surface area (Å²) in [5, 5.41) is 11.8. The van der Waals surface area contributed by atoms with E-state index in [0.717, 1.165) is 63.9 Å². The zero-order valence-electron chi connectivity index (χ0n) is 17.5. The molecular formula is C23H22ClN5O2S. The minimum atomic E-state index is -1.01. The normalized spacial score (nSPS) is 18.0. The van der Waals surface area contributed by atoms with Gasteiger partial charge in [-0.1, -0.05) is 24.6 Å². The molecule has 0 unspecified atom stereocenters. The van der Waals surface area contributed by atoms with E-state index in [0.29, 0.717) is 17.1 Å². The van der Waals surface area contributed by atoms with E-state index in [9.17, 15) is 9.90 Å². The summed E-state index contributed by atoms with van der Waals surface area (Å²) in [6.07, 6.45) is 4.06. The fraction of sp³-hybridized carbons (Fsp3) is 0.304. The van der Waals surface area contributed by atoms with Gasteiger partial charge in [0, 0.05) is 42.0 Å². The molecule has 1 fully saturated rings. The number of hydrogen-bond donors (Lipinski definition) is 2. The highest BCUT2D eigenvalue weighted by molar-refractivity contribution is 7.99. The van der Waals surface area contributed by atoms with E-state index in [1.165, 1.54) is 11.8 Å². The maximum Gasteiger partial charge on any atom is 0.337 e. The van der Waals surface area contributed by atoms with Gasteiger partial charge < -0.3 is 15.7 Å². The maximum absolute atomic E-state index is 11.8. The Morgan fingerprint density at radius 1 is 1.38 bits per heavy atom. The highest BCUT2D eigenvalue weighted by Crippen LogP contribution is 2.43. The first kappa shape index (κ1) is 21.2. The van der Waals surface area contributed by atoms with Crippen LogP contribution in [-0.4, -0.2) is 45.2 Å². The third-order valence-corrected chi connectivity index (χ3v) is 7.22. The predicted molar refractivity (Wildman–Crippen MR) is 126 cm³/mol. The zero-order chi connectivity index (χ0) is 22.4. The molecule has 0 amide bonds. The molecule has 32 heavy (non-hydrogen) atoms. The first-order valence-electron chi connectivity index (χ1n) is 10.5. The van der Waals surface area contributed by atoms with Crippen LogP contribution in [0.3, 0.4) is 0 Å². The van der Waals surface area contributed by atoms with E-state index < -0.39 is 5.97 Å². The third-order valence-electron chi connectivity index (χ3n) is 5.92. The Kier molecular flexibility index (Phi) is 5.53. The summed E-state index contributed by atoms with van der Waals surface area (Å²) < 4.78 is 0. The Hall–Kier alpha value is -2.68. The number of nitrogens with zero attached hydrogens (tertiary/aromatic N) is 4. The number of pyridine rings is 1. The Balaban J connectivity index is 1.58. The van der Waals surface area contributed by atoms with E-state index in [2.05, 4.69) is 16.8 Å². The van der Waals surface area contributed by atoms with Crippen molar-refractivity contribution in [2.24, 2.45) is 5.73 Å². The summed E-state index contributed by atoms with van der Waals surface area (Å²) in [5.74, 6) is -0.193. The summed E-state index contributed by atoms with van der Waals surface area (Å²) in [5.41, 5.74) is 9.78. The second kappa shape index (κ2) is 8.35. The highest BCUT2D eigenvalue weighted by Gasteiger charge is 2.31. The van der Waals surface area contributed by atoms with Crippen molar-refractivity contribution >= 4 is 51.1 Å². The first-order chi connectivity index (χ1) is 15.4. The van der Waals surface area contributed by atoms with Gasteiger partial charge in [0.05, 0.1) is 27.4 Å². The SMILES string of the molecule is CCC1=C(Cl)c2c(nc(Sc3cc(C(=O)O)c4ncccc4c3)nc2N2CC[C@@H](N)C2)C1. The van der Waals surface area contributed by atoms with Crippen LogP contribution in [-0.2, 0) is 6.42 Å². The van der Waals surface area contributed by atoms with Crippen LogP contribution in [0.25, 0.3) is 15.9 Å². The first-order valence-corrected chi connectivity index (χ1v) is 11.7. The molecule has 1 aliphatic heterocycles. The molecule has 3 N–H and O–H groups in total. The molecule has 2 aliphatic rings. The average Bonchev–Trinajstić information content (AvgIpc) is 3.35. The lowest BCUT2D eigenvalue weighted by atomic mass is 10.1. The minimum Gasteiger partial charge on any atom is -0.478 e. The van der Waals surface area contributed by atoms with Gasteiger partial charge in [-0.2, -0.15) is 0 Å². The van der Waals surface area contributed by atoms with Crippen molar-refractivity contribution in [3.63, 3.8) is 0 Å². The summed E-state index contributed by atoms with van der Waals surface area (Å²) in [6.45, 7) is 3.64. The number of allylic oxidation sites excluding steroid dienone is 1. The van der Waals surface area contributed by atoms with E-state index >= 15 is 0 Å². The molecule has 5 rings (SSSR count). The number of carboxylic acid groups (broad SMARTS) is 1. The molecule has 2 aromatic heterocycles. The smallest absolute Gasteiger partial charge is 0.337 e. The molecule has 0 radical (unpaired) electrons. The number of nitrogens with two attached hydrogens (primary N) is 1. The number of carboxylic acids is 1. The van der Waals surface area contributed by atoms with Gasteiger partial charge in [0.15, 0.2) is 5.16 Å². The van der Waals surface area contributed by atoms with Crippen LogP contribution >= 0.6 is 23.4 Å². The molecular weight excluding hydrogens is 446 g/mol. The fourth-order valence-electron chi connectivity index (χ4n) is 4.31. The molecule has 9 heteroatoms. The number of aromatic carboxylic acids is 1. The van der Waals surface area contributed by atoms with Crippen molar-refractivity contribution in [2.45, 2.75) is 42.3 Å². The number of rotatable bonds is 5. The van der Waals surface area contributed by atoms with Crippen LogP contribution < -0.4 is 10.6 Å². The lowest BCUT2D eigenvalue weighted by Crippen LogP contribution is -2.28. The predicted octanol–water partition coefficient (Wildman–Crippen LogP) is 4.33. The Labute approximate surface area is 194 Å². The lowest BCUT2D eigenvalue weighted by Gasteiger charge is -2.21. The topological polar surface area (TPSA) is 105 Å². The van der Waals surface area contributed by atoms with Gasteiger partial charge in [0.2, 0.25) is 0 Å². The van der Waals surface area contributed by atoms with Gasteiger partial charge in [-0.25, -0.2) is 14.8 Å². The van der Waals surface area contributed by atoms with E-state index in [1.54, 1.807) is 18.3 Å². The van der Waals surface area contributed by atoms with Crippen LogP contribution in [0.1, 0.15) is 41.4 Å². The van der Waals surface area contributed by atoms with Crippen LogP contribution in [0.2, 0.25) is 0 Å².